The Kier molecular flexibility index (Phi) is 3.65. The number of amides is 1. The van der Waals surface area contributed by atoms with Crippen molar-refractivity contribution in [1.29, 1.82) is 0 Å². The smallest absolute Gasteiger partial charge is 0.221 e. The number of pyridine rings is 1. The third kappa shape index (κ3) is 2.77. The van der Waals surface area contributed by atoms with Gasteiger partial charge in [0.15, 0.2) is 0 Å². The second-order valence-corrected chi connectivity index (χ2v) is 6.65. The fourth-order valence-corrected chi connectivity index (χ4v) is 4.05. The molecular formula is C18H21N3O2. The largest absolute Gasteiger partial charge is 0.472 e. The van der Waals surface area contributed by atoms with Crippen LogP contribution in [-0.2, 0) is 11.3 Å². The van der Waals surface area contributed by atoms with Crippen LogP contribution in [0, 0.1) is 0 Å². The maximum atomic E-state index is 12.1. The lowest BCUT2D eigenvalue weighted by Gasteiger charge is -2.43. The van der Waals surface area contributed by atoms with E-state index in [0.717, 1.165) is 32.5 Å². The van der Waals surface area contributed by atoms with E-state index in [2.05, 4.69) is 15.2 Å². The zero-order chi connectivity index (χ0) is 15.7. The molecule has 4 heterocycles. The number of hydrogen-bond donors (Lipinski definition) is 1. The summed E-state index contributed by atoms with van der Waals surface area (Å²) in [7, 11) is 0. The third-order valence-corrected chi connectivity index (χ3v) is 5.29. The number of aromatic nitrogens is 1. The molecule has 0 saturated carbocycles. The Morgan fingerprint density at radius 2 is 2.04 bits per heavy atom. The first kappa shape index (κ1) is 14.5. The van der Waals surface area contributed by atoms with Crippen molar-refractivity contribution in [3.8, 4) is 0 Å². The van der Waals surface area contributed by atoms with E-state index in [4.69, 9.17) is 4.42 Å². The second kappa shape index (κ2) is 5.81. The molecule has 1 atom stereocenters. The number of likely N-dealkylation sites (tertiary alicyclic amines) is 1. The Morgan fingerprint density at radius 3 is 2.74 bits per heavy atom. The summed E-state index contributed by atoms with van der Waals surface area (Å²) in [5, 5.41) is 3.29. The number of rotatable bonds is 3. The van der Waals surface area contributed by atoms with E-state index >= 15 is 0 Å². The van der Waals surface area contributed by atoms with Gasteiger partial charge >= 0.3 is 0 Å². The zero-order valence-electron chi connectivity index (χ0n) is 13.1. The average molecular weight is 311 g/mol. The van der Waals surface area contributed by atoms with Gasteiger partial charge in [0.2, 0.25) is 5.91 Å². The fraction of sp³-hybridized carbons (Fsp3) is 0.444. The fourth-order valence-electron chi connectivity index (χ4n) is 4.05. The van der Waals surface area contributed by atoms with Gasteiger partial charge < -0.3 is 9.73 Å². The SMILES string of the molecule is O=C1CC(c2ccncc2)C2(CCN(Cc3ccoc3)CC2)N1. The summed E-state index contributed by atoms with van der Waals surface area (Å²) in [5.41, 5.74) is 2.34. The van der Waals surface area contributed by atoms with Gasteiger partial charge in [0.25, 0.3) is 0 Å². The zero-order valence-corrected chi connectivity index (χ0v) is 13.1. The van der Waals surface area contributed by atoms with Crippen LogP contribution in [0.2, 0.25) is 0 Å². The molecule has 4 rings (SSSR count). The summed E-state index contributed by atoms with van der Waals surface area (Å²) in [6.45, 7) is 2.90. The Hall–Kier alpha value is -2.14. The van der Waals surface area contributed by atoms with Crippen LogP contribution < -0.4 is 5.32 Å². The number of carbonyl (C=O) groups excluding carboxylic acids is 1. The summed E-state index contributed by atoms with van der Waals surface area (Å²) in [4.78, 5) is 18.6. The van der Waals surface area contributed by atoms with Gasteiger partial charge in [-0.1, -0.05) is 0 Å². The van der Waals surface area contributed by atoms with Crippen molar-refractivity contribution in [3.05, 3.63) is 54.2 Å². The van der Waals surface area contributed by atoms with E-state index < -0.39 is 0 Å². The van der Waals surface area contributed by atoms with Gasteiger partial charge in [-0.2, -0.15) is 0 Å². The Bertz CT molecular complexity index is 661. The number of carbonyl (C=O) groups is 1. The van der Waals surface area contributed by atoms with E-state index in [0.29, 0.717) is 6.42 Å². The molecule has 2 fully saturated rings. The van der Waals surface area contributed by atoms with E-state index in [1.807, 2.05) is 36.9 Å². The van der Waals surface area contributed by atoms with Crippen molar-refractivity contribution in [2.45, 2.75) is 37.3 Å². The van der Waals surface area contributed by atoms with Gasteiger partial charge in [0.1, 0.15) is 0 Å². The highest BCUT2D eigenvalue weighted by Gasteiger charge is 2.48. The van der Waals surface area contributed by atoms with Gasteiger partial charge in [-0.05, 0) is 36.6 Å². The van der Waals surface area contributed by atoms with Crippen LogP contribution in [0.5, 0.6) is 0 Å². The molecule has 1 N–H and O–H groups in total. The molecule has 0 aliphatic carbocycles. The quantitative estimate of drug-likeness (QED) is 0.945. The van der Waals surface area contributed by atoms with E-state index in [1.165, 1.54) is 11.1 Å². The average Bonchev–Trinajstić information content (AvgIpc) is 3.19. The van der Waals surface area contributed by atoms with Crippen molar-refractivity contribution < 1.29 is 9.21 Å². The number of nitrogens with one attached hydrogen (secondary N) is 1. The number of piperidine rings is 1. The molecule has 5 nitrogen and oxygen atoms in total. The topological polar surface area (TPSA) is 58.4 Å². The Labute approximate surface area is 135 Å². The molecule has 1 amide bonds. The molecule has 0 aromatic carbocycles. The molecule has 2 aromatic heterocycles. The lowest BCUT2D eigenvalue weighted by Crippen LogP contribution is -2.53. The highest BCUT2D eigenvalue weighted by Crippen LogP contribution is 2.43. The Balaban J connectivity index is 1.49. The molecular weight excluding hydrogens is 290 g/mol. The summed E-state index contributed by atoms with van der Waals surface area (Å²) in [6.07, 6.45) is 9.73. The van der Waals surface area contributed by atoms with Gasteiger partial charge in [-0.25, -0.2) is 0 Å². The van der Waals surface area contributed by atoms with Gasteiger partial charge in [-0.15, -0.1) is 0 Å². The first-order chi connectivity index (χ1) is 11.3. The molecule has 1 unspecified atom stereocenters. The molecule has 2 aromatic rings. The summed E-state index contributed by atoms with van der Waals surface area (Å²) in [5.74, 6) is 0.434. The molecule has 0 radical (unpaired) electrons. The normalized spacial score (nSPS) is 24.0. The standard InChI is InChI=1S/C18H21N3O2/c22-17-11-16(15-1-6-19-7-2-15)18(20-17)4-8-21(9-5-18)12-14-3-10-23-13-14/h1-3,6-7,10,13,16H,4-5,8-9,11-12H2,(H,20,22). The number of furan rings is 1. The molecule has 2 aliphatic rings. The van der Waals surface area contributed by atoms with Gasteiger partial charge in [0, 0.05) is 55.5 Å². The van der Waals surface area contributed by atoms with Crippen LogP contribution in [0.1, 0.15) is 36.3 Å². The highest BCUT2D eigenvalue weighted by molar-refractivity contribution is 5.81. The van der Waals surface area contributed by atoms with Crippen LogP contribution in [0.4, 0.5) is 0 Å². The second-order valence-electron chi connectivity index (χ2n) is 6.65. The minimum atomic E-state index is -0.0919. The monoisotopic (exact) mass is 311 g/mol. The molecule has 2 saturated heterocycles. The van der Waals surface area contributed by atoms with Crippen molar-refractivity contribution in [2.75, 3.05) is 13.1 Å². The molecule has 23 heavy (non-hydrogen) atoms. The van der Waals surface area contributed by atoms with Crippen LogP contribution in [-0.4, -0.2) is 34.4 Å². The lowest BCUT2D eigenvalue weighted by atomic mass is 9.74. The number of nitrogens with zero attached hydrogens (tertiary/aromatic N) is 2. The number of hydrogen-bond acceptors (Lipinski definition) is 4. The third-order valence-electron chi connectivity index (χ3n) is 5.29. The lowest BCUT2D eigenvalue weighted by molar-refractivity contribution is -0.120. The summed E-state index contributed by atoms with van der Waals surface area (Å²) < 4.78 is 5.15. The first-order valence-corrected chi connectivity index (χ1v) is 8.20. The van der Waals surface area contributed by atoms with Crippen molar-refractivity contribution in [1.82, 2.24) is 15.2 Å². The molecule has 1 spiro atoms. The summed E-state index contributed by atoms with van der Waals surface area (Å²) in [6, 6.07) is 6.11. The summed E-state index contributed by atoms with van der Waals surface area (Å²) >= 11 is 0. The van der Waals surface area contributed by atoms with Crippen molar-refractivity contribution >= 4 is 5.91 Å². The van der Waals surface area contributed by atoms with Crippen molar-refractivity contribution in [2.24, 2.45) is 0 Å². The van der Waals surface area contributed by atoms with Crippen molar-refractivity contribution in [3.63, 3.8) is 0 Å². The van der Waals surface area contributed by atoms with Crippen LogP contribution in [0.15, 0.2) is 47.5 Å². The van der Waals surface area contributed by atoms with Crippen LogP contribution >= 0.6 is 0 Å². The van der Waals surface area contributed by atoms with E-state index in [9.17, 15) is 4.79 Å². The maximum Gasteiger partial charge on any atom is 0.221 e. The molecule has 120 valence electrons. The maximum absolute atomic E-state index is 12.1. The molecule has 0 bridgehead atoms. The van der Waals surface area contributed by atoms with E-state index in [1.54, 1.807) is 6.26 Å². The van der Waals surface area contributed by atoms with Gasteiger partial charge in [-0.3, -0.25) is 14.7 Å². The highest BCUT2D eigenvalue weighted by atomic mass is 16.3. The van der Waals surface area contributed by atoms with Gasteiger partial charge in [0.05, 0.1) is 12.5 Å². The molecule has 5 heteroatoms. The van der Waals surface area contributed by atoms with Crippen LogP contribution in [0.25, 0.3) is 0 Å². The predicted octanol–water partition coefficient (Wildman–Crippen LogP) is 2.31. The predicted molar refractivity (Wildman–Crippen MR) is 85.7 cm³/mol. The molecule has 2 aliphatic heterocycles. The minimum absolute atomic E-state index is 0.0919. The minimum Gasteiger partial charge on any atom is -0.472 e. The first-order valence-electron chi connectivity index (χ1n) is 8.20. The Morgan fingerprint density at radius 1 is 1.26 bits per heavy atom. The van der Waals surface area contributed by atoms with Crippen LogP contribution in [0.3, 0.4) is 0 Å². The van der Waals surface area contributed by atoms with E-state index in [-0.39, 0.29) is 17.4 Å².